The fourth-order valence-electron chi connectivity index (χ4n) is 4.79. The van der Waals surface area contributed by atoms with Gasteiger partial charge in [-0.25, -0.2) is 0 Å². The summed E-state index contributed by atoms with van der Waals surface area (Å²) in [5, 5.41) is 9.39. The van der Waals surface area contributed by atoms with Crippen LogP contribution in [-0.2, 0) is 17.7 Å². The molecule has 5 nitrogen and oxygen atoms in total. The summed E-state index contributed by atoms with van der Waals surface area (Å²) in [5.41, 5.74) is 3.20. The van der Waals surface area contributed by atoms with Crippen LogP contribution < -0.4 is 0 Å². The molecule has 4 rings (SSSR count). The van der Waals surface area contributed by atoms with E-state index in [1.165, 1.54) is 5.56 Å². The van der Waals surface area contributed by atoms with Crippen molar-refractivity contribution in [1.29, 1.82) is 5.26 Å². The van der Waals surface area contributed by atoms with Gasteiger partial charge in [0, 0.05) is 57.7 Å². The molecular weight excluding hydrogens is 360 g/mol. The predicted molar refractivity (Wildman–Crippen MR) is 113 cm³/mol. The van der Waals surface area contributed by atoms with Crippen molar-refractivity contribution in [1.82, 2.24) is 14.8 Å². The van der Waals surface area contributed by atoms with Crippen molar-refractivity contribution in [3.05, 3.63) is 65.5 Å². The van der Waals surface area contributed by atoms with E-state index >= 15 is 0 Å². The molecule has 152 valence electrons. The molecule has 2 aliphatic heterocycles. The lowest BCUT2D eigenvalue weighted by atomic mass is 9.82. The van der Waals surface area contributed by atoms with Crippen LogP contribution in [0.25, 0.3) is 0 Å². The van der Waals surface area contributed by atoms with E-state index in [1.54, 1.807) is 6.20 Å². The first kappa shape index (κ1) is 20.0. The summed E-state index contributed by atoms with van der Waals surface area (Å²) in [7, 11) is 0. The minimum atomic E-state index is 0.168. The smallest absolute Gasteiger partial charge is 0.101 e. The van der Waals surface area contributed by atoms with E-state index in [2.05, 4.69) is 51.2 Å². The molecule has 0 unspecified atom stereocenters. The highest BCUT2D eigenvalue weighted by atomic mass is 16.5. The van der Waals surface area contributed by atoms with Gasteiger partial charge in [0.15, 0.2) is 0 Å². The Labute approximate surface area is 173 Å². The molecule has 0 amide bonds. The topological polar surface area (TPSA) is 52.4 Å². The van der Waals surface area contributed by atoms with E-state index in [1.807, 2.05) is 12.1 Å². The number of aryl methyl sites for hydroxylation is 1. The monoisotopic (exact) mass is 390 g/mol. The predicted octanol–water partition coefficient (Wildman–Crippen LogP) is 3.25. The number of hydrogen-bond donors (Lipinski definition) is 0. The zero-order valence-electron chi connectivity index (χ0n) is 17.1. The molecule has 0 aliphatic carbocycles. The number of ether oxygens (including phenoxy) is 1. The molecule has 2 aliphatic rings. The molecule has 0 spiro atoms. The van der Waals surface area contributed by atoms with Crippen molar-refractivity contribution in [3.8, 4) is 6.07 Å². The van der Waals surface area contributed by atoms with Gasteiger partial charge in [0.2, 0.25) is 0 Å². The van der Waals surface area contributed by atoms with Crippen molar-refractivity contribution in [2.75, 3.05) is 39.4 Å². The number of piperazine rings is 1. The molecule has 5 heteroatoms. The van der Waals surface area contributed by atoms with Crippen LogP contribution in [0.1, 0.15) is 36.1 Å². The van der Waals surface area contributed by atoms with Crippen LogP contribution in [0.3, 0.4) is 0 Å². The van der Waals surface area contributed by atoms with Crippen molar-refractivity contribution >= 4 is 0 Å². The molecule has 2 saturated heterocycles. The lowest BCUT2D eigenvalue weighted by Gasteiger charge is -2.50. The maximum absolute atomic E-state index is 9.39. The molecule has 0 radical (unpaired) electrons. The Balaban J connectivity index is 1.40. The van der Waals surface area contributed by atoms with Gasteiger partial charge in [0.05, 0.1) is 11.3 Å². The highest BCUT2D eigenvalue weighted by Gasteiger charge is 2.39. The van der Waals surface area contributed by atoms with Gasteiger partial charge in [-0.15, -0.1) is 0 Å². The molecule has 0 atom stereocenters. The van der Waals surface area contributed by atoms with E-state index in [0.717, 1.165) is 77.3 Å². The molecule has 0 saturated carbocycles. The van der Waals surface area contributed by atoms with Crippen LogP contribution in [0.2, 0.25) is 0 Å². The van der Waals surface area contributed by atoms with Crippen molar-refractivity contribution < 1.29 is 4.74 Å². The number of nitrogens with zero attached hydrogens (tertiary/aromatic N) is 4. The van der Waals surface area contributed by atoms with Crippen LogP contribution in [-0.4, -0.2) is 59.7 Å². The SMILES string of the molecule is N#Cc1cccnc1CCC1(N2CCN(Cc3ccccc3)CC2)CCOCC1. The van der Waals surface area contributed by atoms with Gasteiger partial charge in [0.25, 0.3) is 0 Å². The van der Waals surface area contributed by atoms with Crippen molar-refractivity contribution in [2.45, 2.75) is 37.8 Å². The Kier molecular flexibility index (Phi) is 6.56. The maximum Gasteiger partial charge on any atom is 0.101 e. The van der Waals surface area contributed by atoms with E-state index < -0.39 is 0 Å². The summed E-state index contributed by atoms with van der Waals surface area (Å²) in [6.45, 7) is 7.09. The van der Waals surface area contributed by atoms with E-state index in [9.17, 15) is 5.26 Å². The van der Waals surface area contributed by atoms with Crippen LogP contribution in [0.4, 0.5) is 0 Å². The number of hydrogen-bond acceptors (Lipinski definition) is 5. The number of benzene rings is 1. The van der Waals surface area contributed by atoms with Crippen molar-refractivity contribution in [2.24, 2.45) is 0 Å². The first-order valence-corrected chi connectivity index (χ1v) is 10.7. The van der Waals surface area contributed by atoms with Gasteiger partial charge in [-0.2, -0.15) is 5.26 Å². The normalized spacial score (nSPS) is 20.2. The second-order valence-electron chi connectivity index (χ2n) is 8.19. The average Bonchev–Trinajstić information content (AvgIpc) is 2.80. The quantitative estimate of drug-likeness (QED) is 0.758. The van der Waals surface area contributed by atoms with Gasteiger partial charge in [-0.05, 0) is 43.4 Å². The molecule has 1 aromatic carbocycles. The third kappa shape index (κ3) is 4.84. The largest absolute Gasteiger partial charge is 0.381 e. The third-order valence-electron chi connectivity index (χ3n) is 6.55. The fraction of sp³-hybridized carbons (Fsp3) is 0.500. The van der Waals surface area contributed by atoms with Gasteiger partial charge >= 0.3 is 0 Å². The lowest BCUT2D eigenvalue weighted by molar-refractivity contribution is -0.0522. The van der Waals surface area contributed by atoms with Gasteiger partial charge in [-0.1, -0.05) is 30.3 Å². The summed E-state index contributed by atoms with van der Waals surface area (Å²) in [6, 6.07) is 16.8. The summed E-state index contributed by atoms with van der Waals surface area (Å²) < 4.78 is 5.71. The lowest BCUT2D eigenvalue weighted by Crippen LogP contribution is -2.59. The molecule has 0 bridgehead atoms. The third-order valence-corrected chi connectivity index (χ3v) is 6.55. The number of aromatic nitrogens is 1. The standard InChI is InChI=1S/C24H30N4O/c25-19-22-7-4-12-26-23(22)8-9-24(10-17-29-18-11-24)28-15-13-27(14-16-28)20-21-5-2-1-3-6-21/h1-7,12H,8-11,13-18,20H2. The Morgan fingerprint density at radius 2 is 1.76 bits per heavy atom. The maximum atomic E-state index is 9.39. The Bertz CT molecular complexity index is 818. The van der Waals surface area contributed by atoms with Crippen molar-refractivity contribution in [3.63, 3.8) is 0 Å². The first-order chi connectivity index (χ1) is 14.3. The van der Waals surface area contributed by atoms with Crippen LogP contribution in [0.5, 0.6) is 0 Å². The Morgan fingerprint density at radius 1 is 1.00 bits per heavy atom. The summed E-state index contributed by atoms with van der Waals surface area (Å²) in [4.78, 5) is 9.75. The summed E-state index contributed by atoms with van der Waals surface area (Å²) in [6.07, 6.45) is 5.84. The second kappa shape index (κ2) is 9.49. The van der Waals surface area contributed by atoms with E-state index in [-0.39, 0.29) is 5.54 Å². The molecule has 29 heavy (non-hydrogen) atoms. The minimum absolute atomic E-state index is 0.168. The van der Waals surface area contributed by atoms with Gasteiger partial charge in [0.1, 0.15) is 6.07 Å². The molecular formula is C24H30N4O. The molecule has 2 aromatic rings. The zero-order valence-corrected chi connectivity index (χ0v) is 17.1. The molecule has 2 fully saturated rings. The zero-order chi connectivity index (χ0) is 19.9. The fourth-order valence-corrected chi connectivity index (χ4v) is 4.79. The number of rotatable bonds is 6. The summed E-state index contributed by atoms with van der Waals surface area (Å²) >= 11 is 0. The highest BCUT2D eigenvalue weighted by molar-refractivity contribution is 5.32. The van der Waals surface area contributed by atoms with Gasteiger partial charge < -0.3 is 4.74 Å². The van der Waals surface area contributed by atoms with E-state index in [4.69, 9.17) is 4.74 Å². The number of pyridine rings is 1. The summed E-state index contributed by atoms with van der Waals surface area (Å²) in [5.74, 6) is 0. The first-order valence-electron chi connectivity index (χ1n) is 10.7. The Hall–Kier alpha value is -2.26. The molecule has 3 heterocycles. The average molecular weight is 391 g/mol. The number of nitriles is 1. The van der Waals surface area contributed by atoms with Crippen LogP contribution >= 0.6 is 0 Å². The Morgan fingerprint density at radius 3 is 2.48 bits per heavy atom. The van der Waals surface area contributed by atoms with Crippen LogP contribution in [0, 0.1) is 11.3 Å². The second-order valence-corrected chi connectivity index (χ2v) is 8.19. The van der Waals surface area contributed by atoms with Crippen LogP contribution in [0.15, 0.2) is 48.7 Å². The molecule has 1 aromatic heterocycles. The highest BCUT2D eigenvalue weighted by Crippen LogP contribution is 2.34. The molecule has 0 N–H and O–H groups in total. The van der Waals surface area contributed by atoms with Gasteiger partial charge in [-0.3, -0.25) is 14.8 Å². The van der Waals surface area contributed by atoms with E-state index in [0.29, 0.717) is 5.56 Å². The minimum Gasteiger partial charge on any atom is -0.381 e.